The largest absolute Gasteiger partial charge is 0.494 e. The summed E-state index contributed by atoms with van der Waals surface area (Å²) in [7, 11) is 1.89. The predicted molar refractivity (Wildman–Crippen MR) is 84.3 cm³/mol. The number of hydrogen-bond acceptors (Lipinski definition) is 3. The summed E-state index contributed by atoms with van der Waals surface area (Å²) in [6, 6.07) is 7.96. The SMILES string of the molecule is CCOc1ccc(CN(C)C(=O)C2(CC)CCCN2)cc1. The topological polar surface area (TPSA) is 41.6 Å². The van der Waals surface area contributed by atoms with E-state index in [4.69, 9.17) is 4.74 Å². The Morgan fingerprint density at radius 2 is 2.05 bits per heavy atom. The summed E-state index contributed by atoms with van der Waals surface area (Å²) in [5.74, 6) is 1.08. The minimum Gasteiger partial charge on any atom is -0.494 e. The number of nitrogens with zero attached hydrogens (tertiary/aromatic N) is 1. The van der Waals surface area contributed by atoms with Crippen LogP contribution < -0.4 is 10.1 Å². The fraction of sp³-hybridized carbons (Fsp3) is 0.588. The van der Waals surface area contributed by atoms with Crippen molar-refractivity contribution in [3.8, 4) is 5.75 Å². The van der Waals surface area contributed by atoms with Gasteiger partial charge in [-0.15, -0.1) is 0 Å². The van der Waals surface area contributed by atoms with E-state index in [1.165, 1.54) is 0 Å². The van der Waals surface area contributed by atoms with E-state index in [2.05, 4.69) is 12.2 Å². The number of benzene rings is 1. The molecule has 0 bridgehead atoms. The van der Waals surface area contributed by atoms with Crippen molar-refractivity contribution in [2.75, 3.05) is 20.2 Å². The first kappa shape index (κ1) is 15.8. The molecule has 21 heavy (non-hydrogen) atoms. The lowest BCUT2D eigenvalue weighted by Gasteiger charge is -2.32. The van der Waals surface area contributed by atoms with Crippen LogP contribution in [-0.4, -0.2) is 36.5 Å². The molecule has 1 atom stereocenters. The lowest BCUT2D eigenvalue weighted by atomic mass is 9.92. The monoisotopic (exact) mass is 290 g/mol. The number of hydrogen-bond donors (Lipinski definition) is 1. The molecule has 4 nitrogen and oxygen atoms in total. The average Bonchev–Trinajstić information content (AvgIpc) is 2.99. The molecule has 1 aromatic rings. The Bertz CT molecular complexity index is 464. The Labute approximate surface area is 127 Å². The summed E-state index contributed by atoms with van der Waals surface area (Å²) in [5.41, 5.74) is 0.776. The van der Waals surface area contributed by atoms with Crippen molar-refractivity contribution in [1.82, 2.24) is 10.2 Å². The smallest absolute Gasteiger partial charge is 0.242 e. The normalized spacial score (nSPS) is 21.3. The van der Waals surface area contributed by atoms with Gasteiger partial charge in [0.1, 0.15) is 5.75 Å². The van der Waals surface area contributed by atoms with Gasteiger partial charge in [-0.1, -0.05) is 19.1 Å². The number of rotatable bonds is 6. The summed E-state index contributed by atoms with van der Waals surface area (Å²) in [5, 5.41) is 3.40. The summed E-state index contributed by atoms with van der Waals surface area (Å²) >= 11 is 0. The fourth-order valence-corrected chi connectivity index (χ4v) is 3.01. The second-order valence-corrected chi connectivity index (χ2v) is 5.70. The number of ether oxygens (including phenoxy) is 1. The van der Waals surface area contributed by atoms with Crippen molar-refractivity contribution in [1.29, 1.82) is 0 Å². The van der Waals surface area contributed by atoms with Gasteiger partial charge in [0.25, 0.3) is 0 Å². The summed E-state index contributed by atoms with van der Waals surface area (Å²) in [6.45, 7) is 6.30. The van der Waals surface area contributed by atoms with Gasteiger partial charge in [-0.25, -0.2) is 0 Å². The Morgan fingerprint density at radius 1 is 1.33 bits per heavy atom. The molecule has 1 heterocycles. The zero-order chi connectivity index (χ0) is 15.3. The van der Waals surface area contributed by atoms with Crippen LogP contribution in [0.4, 0.5) is 0 Å². The maximum absolute atomic E-state index is 12.7. The molecular formula is C17H26N2O2. The van der Waals surface area contributed by atoms with E-state index in [1.807, 2.05) is 43.1 Å². The van der Waals surface area contributed by atoms with Crippen molar-refractivity contribution in [2.45, 2.75) is 45.2 Å². The lowest BCUT2D eigenvalue weighted by molar-refractivity contribution is -0.137. The van der Waals surface area contributed by atoms with Gasteiger partial charge in [0.05, 0.1) is 12.1 Å². The maximum Gasteiger partial charge on any atom is 0.242 e. The van der Waals surface area contributed by atoms with Crippen LogP contribution >= 0.6 is 0 Å². The number of nitrogens with one attached hydrogen (secondary N) is 1. The second-order valence-electron chi connectivity index (χ2n) is 5.70. The molecule has 1 N–H and O–H groups in total. The quantitative estimate of drug-likeness (QED) is 0.875. The van der Waals surface area contributed by atoms with Crippen LogP contribution in [-0.2, 0) is 11.3 Å². The highest BCUT2D eigenvalue weighted by atomic mass is 16.5. The maximum atomic E-state index is 12.7. The Morgan fingerprint density at radius 3 is 2.57 bits per heavy atom. The predicted octanol–water partition coefficient (Wildman–Crippen LogP) is 2.58. The average molecular weight is 290 g/mol. The molecule has 1 unspecified atom stereocenters. The minimum atomic E-state index is -0.347. The zero-order valence-corrected chi connectivity index (χ0v) is 13.3. The molecule has 1 saturated heterocycles. The molecule has 0 radical (unpaired) electrons. The van der Waals surface area contributed by atoms with E-state index in [0.29, 0.717) is 13.2 Å². The molecule has 1 aliphatic heterocycles. The third-order valence-electron chi connectivity index (χ3n) is 4.26. The van der Waals surface area contributed by atoms with Gasteiger partial charge in [-0.2, -0.15) is 0 Å². The van der Waals surface area contributed by atoms with Gasteiger partial charge in [-0.05, 0) is 50.4 Å². The molecule has 1 amide bonds. The number of likely N-dealkylation sites (N-methyl/N-ethyl adjacent to an activating group) is 1. The molecule has 1 fully saturated rings. The molecule has 1 aromatic carbocycles. The van der Waals surface area contributed by atoms with Crippen LogP contribution in [0, 0.1) is 0 Å². The van der Waals surface area contributed by atoms with E-state index in [-0.39, 0.29) is 11.4 Å². The van der Waals surface area contributed by atoms with Crippen LogP contribution in [0.25, 0.3) is 0 Å². The molecule has 116 valence electrons. The molecular weight excluding hydrogens is 264 g/mol. The first-order valence-electron chi connectivity index (χ1n) is 7.83. The number of carbonyl (C=O) groups is 1. The van der Waals surface area contributed by atoms with Crippen molar-refractivity contribution < 1.29 is 9.53 Å². The molecule has 4 heteroatoms. The summed E-state index contributed by atoms with van der Waals surface area (Å²) < 4.78 is 5.44. The van der Waals surface area contributed by atoms with Crippen molar-refractivity contribution >= 4 is 5.91 Å². The Balaban J connectivity index is 2.00. The Kier molecular flexibility index (Phi) is 5.23. The molecule has 0 spiro atoms. The van der Waals surface area contributed by atoms with E-state index in [1.54, 1.807) is 0 Å². The first-order chi connectivity index (χ1) is 10.1. The van der Waals surface area contributed by atoms with Gasteiger partial charge in [0, 0.05) is 13.6 Å². The first-order valence-corrected chi connectivity index (χ1v) is 7.83. The van der Waals surface area contributed by atoms with Crippen molar-refractivity contribution in [3.63, 3.8) is 0 Å². The Hall–Kier alpha value is -1.55. The standard InChI is InChI=1S/C17H26N2O2/c1-4-17(11-6-12-18-17)16(20)19(3)13-14-7-9-15(10-8-14)21-5-2/h7-10,18H,4-6,11-13H2,1-3H3. The highest BCUT2D eigenvalue weighted by Gasteiger charge is 2.40. The second kappa shape index (κ2) is 6.94. The fourth-order valence-electron chi connectivity index (χ4n) is 3.01. The molecule has 0 aromatic heterocycles. The summed E-state index contributed by atoms with van der Waals surface area (Å²) in [6.07, 6.45) is 2.87. The van der Waals surface area contributed by atoms with Crippen molar-refractivity contribution in [2.24, 2.45) is 0 Å². The van der Waals surface area contributed by atoms with Gasteiger partial charge in [0.2, 0.25) is 5.91 Å². The van der Waals surface area contributed by atoms with Gasteiger partial charge < -0.3 is 15.0 Å². The highest BCUT2D eigenvalue weighted by molar-refractivity contribution is 5.86. The van der Waals surface area contributed by atoms with Gasteiger partial charge >= 0.3 is 0 Å². The van der Waals surface area contributed by atoms with E-state index in [0.717, 1.165) is 37.1 Å². The molecule has 0 saturated carbocycles. The number of carbonyl (C=O) groups excluding carboxylic acids is 1. The minimum absolute atomic E-state index is 0.205. The molecule has 2 rings (SSSR count). The third kappa shape index (κ3) is 3.56. The van der Waals surface area contributed by atoms with Crippen LogP contribution in [0.15, 0.2) is 24.3 Å². The van der Waals surface area contributed by atoms with Crippen LogP contribution in [0.5, 0.6) is 5.75 Å². The van der Waals surface area contributed by atoms with Crippen LogP contribution in [0.3, 0.4) is 0 Å². The van der Waals surface area contributed by atoms with Crippen LogP contribution in [0.1, 0.15) is 38.7 Å². The molecule has 0 aliphatic carbocycles. The highest BCUT2D eigenvalue weighted by Crippen LogP contribution is 2.25. The molecule has 1 aliphatic rings. The van der Waals surface area contributed by atoms with E-state index < -0.39 is 0 Å². The van der Waals surface area contributed by atoms with E-state index in [9.17, 15) is 4.79 Å². The number of amides is 1. The zero-order valence-electron chi connectivity index (χ0n) is 13.3. The van der Waals surface area contributed by atoms with Gasteiger partial charge in [-0.3, -0.25) is 4.79 Å². The van der Waals surface area contributed by atoms with Crippen LogP contribution in [0.2, 0.25) is 0 Å². The van der Waals surface area contributed by atoms with Crippen molar-refractivity contribution in [3.05, 3.63) is 29.8 Å². The van der Waals surface area contributed by atoms with E-state index >= 15 is 0 Å². The summed E-state index contributed by atoms with van der Waals surface area (Å²) in [4.78, 5) is 14.5. The lowest BCUT2D eigenvalue weighted by Crippen LogP contribution is -2.53. The third-order valence-corrected chi connectivity index (χ3v) is 4.26. The van der Waals surface area contributed by atoms with Gasteiger partial charge in [0.15, 0.2) is 0 Å².